The zero-order valence-corrected chi connectivity index (χ0v) is 26.2. The second-order valence-electron chi connectivity index (χ2n) is 10.9. The molecule has 0 fully saturated rings. The number of hydrogen-bond donors (Lipinski definition) is 8. The van der Waals surface area contributed by atoms with Gasteiger partial charge in [-0.2, -0.15) is 0 Å². The number of carbonyl (C=O) groups is 4. The van der Waals surface area contributed by atoms with Crippen LogP contribution in [0.1, 0.15) is 44.1 Å². The highest BCUT2D eigenvalue weighted by molar-refractivity contribution is 5.94. The quantitative estimate of drug-likeness (QED) is 0.0475. The van der Waals surface area contributed by atoms with Crippen LogP contribution < -0.4 is 32.7 Å². The van der Waals surface area contributed by atoms with Gasteiger partial charge in [0.25, 0.3) is 11.4 Å². The van der Waals surface area contributed by atoms with Gasteiger partial charge >= 0.3 is 5.97 Å². The summed E-state index contributed by atoms with van der Waals surface area (Å²) in [6.07, 6.45) is 1.68. The van der Waals surface area contributed by atoms with Gasteiger partial charge in [0.2, 0.25) is 17.7 Å². The first-order valence-corrected chi connectivity index (χ1v) is 15.3. The summed E-state index contributed by atoms with van der Waals surface area (Å²) in [6, 6.07) is 6.84. The number of nitro benzene ring substituents is 2. The van der Waals surface area contributed by atoms with Gasteiger partial charge < -0.3 is 42.9 Å². The van der Waals surface area contributed by atoms with Crippen LogP contribution in [0.4, 0.5) is 17.1 Å². The maximum Gasteiger partial charge on any atom is 0.326 e. The summed E-state index contributed by atoms with van der Waals surface area (Å²) < 4.78 is 0. The van der Waals surface area contributed by atoms with Crippen LogP contribution in [0.3, 0.4) is 0 Å². The van der Waals surface area contributed by atoms with Gasteiger partial charge in [-0.15, -0.1) is 0 Å². The fourth-order valence-corrected chi connectivity index (χ4v) is 4.62. The summed E-state index contributed by atoms with van der Waals surface area (Å²) in [6.45, 7) is -0.178. The van der Waals surface area contributed by atoms with Crippen LogP contribution in [-0.4, -0.2) is 87.6 Å². The van der Waals surface area contributed by atoms with E-state index < -0.39 is 75.7 Å². The van der Waals surface area contributed by atoms with E-state index in [2.05, 4.69) is 21.3 Å². The molecule has 0 radical (unpaired) electrons. The number of carboxylic acids is 1. The minimum absolute atomic E-state index is 0.0128. The molecule has 0 aliphatic rings. The summed E-state index contributed by atoms with van der Waals surface area (Å²) >= 11 is 0. The van der Waals surface area contributed by atoms with Gasteiger partial charge in [-0.1, -0.05) is 30.3 Å². The molecule has 0 saturated carbocycles. The van der Waals surface area contributed by atoms with E-state index in [0.717, 1.165) is 12.1 Å². The number of rotatable bonds is 22. The molecule has 2 rings (SSSR count). The van der Waals surface area contributed by atoms with Gasteiger partial charge in [0.05, 0.1) is 22.5 Å². The first-order chi connectivity index (χ1) is 22.9. The van der Waals surface area contributed by atoms with Crippen molar-refractivity contribution in [2.45, 2.75) is 69.1 Å². The van der Waals surface area contributed by atoms with Crippen LogP contribution >= 0.6 is 0 Å². The monoisotopic (exact) mass is 674 g/mol. The Hall–Kier alpha value is -5.20. The van der Waals surface area contributed by atoms with Gasteiger partial charge in [0.15, 0.2) is 0 Å². The highest BCUT2D eigenvalue weighted by atomic mass is 16.6. The molecule has 3 amide bonds. The largest absolute Gasteiger partial charge is 0.480 e. The Morgan fingerprint density at radius 2 is 1.40 bits per heavy atom. The molecule has 10 N–H and O–H groups in total. The first kappa shape index (κ1) is 39.0. The number of aliphatic hydroxyl groups excluding tert-OH is 1. The zero-order valence-electron chi connectivity index (χ0n) is 26.2. The molecule has 4 atom stereocenters. The lowest BCUT2D eigenvalue weighted by atomic mass is 10.0. The normalized spacial score (nSPS) is 13.3. The topological polar surface area (TPSA) is 295 Å². The summed E-state index contributed by atoms with van der Waals surface area (Å²) in [5.74, 6) is -3.61. The van der Waals surface area contributed by atoms with Gasteiger partial charge in [-0.25, -0.2) is 4.79 Å². The number of nitrogens with zero attached hydrogens (tertiary/aromatic N) is 2. The van der Waals surface area contributed by atoms with Crippen molar-refractivity contribution in [2.75, 3.05) is 25.0 Å². The van der Waals surface area contributed by atoms with Crippen molar-refractivity contribution >= 4 is 40.8 Å². The molecular formula is C30H42N8O10. The highest BCUT2D eigenvalue weighted by Gasteiger charge is 2.30. The maximum atomic E-state index is 13.5. The lowest BCUT2D eigenvalue weighted by Crippen LogP contribution is -2.58. The summed E-state index contributed by atoms with van der Waals surface area (Å²) in [5, 5.41) is 51.8. The van der Waals surface area contributed by atoms with Crippen molar-refractivity contribution in [1.82, 2.24) is 16.0 Å². The van der Waals surface area contributed by atoms with Crippen LogP contribution in [-0.2, 0) is 25.6 Å². The Balaban J connectivity index is 2.21. The molecule has 0 aromatic heterocycles. The van der Waals surface area contributed by atoms with Crippen LogP contribution in [0.15, 0.2) is 48.5 Å². The minimum atomic E-state index is -1.31. The fourth-order valence-electron chi connectivity index (χ4n) is 4.62. The van der Waals surface area contributed by atoms with E-state index in [1.165, 1.54) is 6.07 Å². The molecule has 0 bridgehead atoms. The number of unbranched alkanes of at least 4 members (excludes halogenated alkanes) is 2. The zero-order chi connectivity index (χ0) is 35.6. The number of carboxylic acid groups (broad SMARTS) is 1. The number of anilines is 1. The number of hydrogen-bond acceptors (Lipinski definition) is 12. The number of non-ortho nitro benzene ring substituents is 1. The third kappa shape index (κ3) is 12.9. The average Bonchev–Trinajstić information content (AvgIpc) is 3.06. The SMILES string of the molecule is NCCCC[C@H](NC(=O)[C@H](CCCCNc1ccc([N+](=O)[O-])cc1[N+](=O)[O-])NC(=O)[C@H](Cc1ccccc1)NC(=O)[C@@H](N)CO)C(=O)O. The molecule has 0 heterocycles. The number of nitro groups is 2. The first-order valence-electron chi connectivity index (χ1n) is 15.3. The molecule has 262 valence electrons. The predicted molar refractivity (Wildman–Crippen MR) is 174 cm³/mol. The van der Waals surface area contributed by atoms with E-state index in [-0.39, 0.29) is 37.9 Å². The van der Waals surface area contributed by atoms with Crippen LogP contribution in [0.2, 0.25) is 0 Å². The molecule has 0 aliphatic heterocycles. The highest BCUT2D eigenvalue weighted by Crippen LogP contribution is 2.29. The molecule has 18 heteroatoms. The molecule has 48 heavy (non-hydrogen) atoms. The number of benzene rings is 2. The van der Waals surface area contributed by atoms with Crippen molar-refractivity contribution in [3.63, 3.8) is 0 Å². The summed E-state index contributed by atoms with van der Waals surface area (Å²) in [4.78, 5) is 72.2. The van der Waals surface area contributed by atoms with Crippen molar-refractivity contribution in [3.8, 4) is 0 Å². The van der Waals surface area contributed by atoms with Crippen molar-refractivity contribution in [3.05, 3.63) is 74.3 Å². The second-order valence-corrected chi connectivity index (χ2v) is 10.9. The standard InChI is InChI=1S/C30H42N8O10/c31-14-6-4-11-24(30(43)44)35-28(41)23(10-5-7-15-33-22-13-12-20(37(45)46)17-26(22)38(47)48)34-29(42)25(36-27(40)21(32)18-39)16-19-8-2-1-3-9-19/h1-3,8-9,12-13,17,21,23-25,33,39H,4-7,10-11,14-16,18,31-32H2,(H,34,42)(H,35,41)(H,36,40)(H,43,44)/t21-,23-,24-,25-/m0/s1. The lowest BCUT2D eigenvalue weighted by molar-refractivity contribution is -0.393. The van der Waals surface area contributed by atoms with E-state index in [1.54, 1.807) is 30.3 Å². The Bertz CT molecular complexity index is 1410. The van der Waals surface area contributed by atoms with Crippen LogP contribution in [0, 0.1) is 20.2 Å². The molecule has 2 aromatic rings. The molecule has 0 unspecified atom stereocenters. The van der Waals surface area contributed by atoms with E-state index in [4.69, 9.17) is 11.5 Å². The third-order valence-corrected chi connectivity index (χ3v) is 7.27. The molecule has 0 saturated heterocycles. The van der Waals surface area contributed by atoms with E-state index in [0.29, 0.717) is 31.4 Å². The number of aliphatic carboxylic acids is 1. The number of amides is 3. The number of carbonyl (C=O) groups excluding carboxylic acids is 3. The smallest absolute Gasteiger partial charge is 0.326 e. The summed E-state index contributed by atoms with van der Waals surface area (Å²) in [5.41, 5.74) is 10.9. The molecular weight excluding hydrogens is 632 g/mol. The maximum absolute atomic E-state index is 13.5. The molecule has 2 aromatic carbocycles. The minimum Gasteiger partial charge on any atom is -0.480 e. The Morgan fingerprint density at radius 1 is 0.792 bits per heavy atom. The Morgan fingerprint density at radius 3 is 2.00 bits per heavy atom. The molecule has 18 nitrogen and oxygen atoms in total. The van der Waals surface area contributed by atoms with Gasteiger partial charge in [0, 0.05) is 19.0 Å². The Kier molecular flexibility index (Phi) is 16.3. The van der Waals surface area contributed by atoms with Crippen LogP contribution in [0.5, 0.6) is 0 Å². The van der Waals surface area contributed by atoms with Gasteiger partial charge in [-0.05, 0) is 56.7 Å². The molecule has 0 aliphatic carbocycles. The van der Waals surface area contributed by atoms with Crippen LogP contribution in [0.25, 0.3) is 0 Å². The lowest BCUT2D eigenvalue weighted by Gasteiger charge is -2.25. The predicted octanol–water partition coefficient (Wildman–Crippen LogP) is 0.316. The third-order valence-electron chi connectivity index (χ3n) is 7.27. The fraction of sp³-hybridized carbons (Fsp3) is 0.467. The Labute approximate surface area is 275 Å². The van der Waals surface area contributed by atoms with Gasteiger partial charge in [0.1, 0.15) is 29.9 Å². The van der Waals surface area contributed by atoms with Crippen molar-refractivity contribution in [2.24, 2.45) is 11.5 Å². The van der Waals surface area contributed by atoms with Crippen molar-refractivity contribution < 1.29 is 39.2 Å². The second kappa shape index (κ2) is 20.1. The summed E-state index contributed by atoms with van der Waals surface area (Å²) in [7, 11) is 0. The number of nitrogens with two attached hydrogens (primary N) is 2. The van der Waals surface area contributed by atoms with E-state index in [1.807, 2.05) is 0 Å². The van der Waals surface area contributed by atoms with E-state index in [9.17, 15) is 49.6 Å². The van der Waals surface area contributed by atoms with Crippen molar-refractivity contribution in [1.29, 1.82) is 0 Å². The molecule has 0 spiro atoms. The number of aliphatic hydroxyl groups is 1. The average molecular weight is 675 g/mol. The van der Waals surface area contributed by atoms with E-state index >= 15 is 0 Å². The van der Waals surface area contributed by atoms with Gasteiger partial charge in [-0.3, -0.25) is 34.6 Å². The number of nitrogens with one attached hydrogen (secondary N) is 4.